The van der Waals surface area contributed by atoms with Crippen LogP contribution in [0.3, 0.4) is 0 Å². The van der Waals surface area contributed by atoms with E-state index in [1.807, 2.05) is 0 Å². The van der Waals surface area contributed by atoms with Gasteiger partial charge >= 0.3 is 0 Å². The number of halogens is 3. The van der Waals surface area contributed by atoms with Gasteiger partial charge < -0.3 is 9.87 Å². The number of nitrogens with one attached hydrogen (secondary N) is 1. The van der Waals surface area contributed by atoms with Gasteiger partial charge in [0.2, 0.25) is 0 Å². The third-order valence-corrected chi connectivity index (χ3v) is 3.28. The number of rotatable bonds is 5. The summed E-state index contributed by atoms with van der Waals surface area (Å²) in [6.45, 7) is 6.86. The highest BCUT2D eigenvalue weighted by Crippen LogP contribution is 2.22. The highest BCUT2D eigenvalue weighted by Gasteiger charge is 2.14. The number of benzene rings is 1. The molecule has 0 aromatic heterocycles. The lowest BCUT2D eigenvalue weighted by Gasteiger charge is -2.08. The van der Waals surface area contributed by atoms with Crippen molar-refractivity contribution in [2.45, 2.75) is 13.8 Å². The van der Waals surface area contributed by atoms with Crippen LogP contribution in [-0.4, -0.2) is 10.5 Å². The zero-order valence-corrected chi connectivity index (χ0v) is 12.7. The van der Waals surface area contributed by atoms with Crippen molar-refractivity contribution >= 4 is 23.6 Å². The molecule has 0 aliphatic heterocycles. The number of allylic oxidation sites excluding steroid dienone is 2. The monoisotopic (exact) mass is 329 g/mol. The first kappa shape index (κ1) is 18.1. The standard InChI is InChI=1S/C15H14F3NO2S/c1-4-9(5-13(22-21)8(2)3)15(20)19-10-6-11(16)14(18)12(17)7-10/h4-7,21H,2H2,1,3H3,(H,19,20)/b9-4?,13-5+. The molecule has 0 saturated carbocycles. The van der Waals surface area contributed by atoms with Crippen molar-refractivity contribution < 1.29 is 22.5 Å². The first-order valence-corrected chi connectivity index (χ1v) is 6.88. The molecule has 0 aliphatic carbocycles. The Morgan fingerprint density at radius 3 is 2.27 bits per heavy atom. The summed E-state index contributed by atoms with van der Waals surface area (Å²) in [6.07, 6.45) is 2.82. The minimum atomic E-state index is -1.61. The molecular weight excluding hydrogens is 315 g/mol. The normalized spacial score (nSPS) is 12.3. The second kappa shape index (κ2) is 7.86. The SMILES string of the molecule is C=C(C)/C(=C\C(=CC)C(=O)Nc1cc(F)c(F)c(F)c1)SO. The molecule has 0 radical (unpaired) electrons. The van der Waals surface area contributed by atoms with Crippen LogP contribution in [0, 0.1) is 17.5 Å². The highest BCUT2D eigenvalue weighted by molar-refractivity contribution is 7.97. The average molecular weight is 329 g/mol. The molecule has 0 heterocycles. The zero-order valence-electron chi connectivity index (χ0n) is 11.9. The van der Waals surface area contributed by atoms with Gasteiger partial charge in [-0.3, -0.25) is 4.79 Å². The van der Waals surface area contributed by atoms with Crippen molar-refractivity contribution in [1.82, 2.24) is 0 Å². The van der Waals surface area contributed by atoms with Crippen LogP contribution in [0.1, 0.15) is 13.8 Å². The molecular formula is C15H14F3NO2S. The lowest BCUT2D eigenvalue weighted by molar-refractivity contribution is -0.112. The quantitative estimate of drug-likeness (QED) is 0.358. The average Bonchev–Trinajstić information content (AvgIpc) is 2.45. The molecule has 0 fully saturated rings. The molecule has 3 nitrogen and oxygen atoms in total. The summed E-state index contributed by atoms with van der Waals surface area (Å²) in [5.74, 6) is -5.08. The summed E-state index contributed by atoms with van der Waals surface area (Å²) in [5.41, 5.74) is 0.464. The molecule has 1 amide bonds. The van der Waals surface area contributed by atoms with Gasteiger partial charge in [0.1, 0.15) is 0 Å². The number of anilines is 1. The van der Waals surface area contributed by atoms with Gasteiger partial charge in [0.25, 0.3) is 5.91 Å². The minimum absolute atomic E-state index is 0.143. The molecule has 0 atom stereocenters. The second-order valence-electron chi connectivity index (χ2n) is 4.33. The minimum Gasteiger partial charge on any atom is -0.325 e. The summed E-state index contributed by atoms with van der Waals surface area (Å²) >= 11 is 0.423. The Hall–Kier alpha value is -1.99. The van der Waals surface area contributed by atoms with Crippen LogP contribution in [0.25, 0.3) is 0 Å². The molecule has 0 bridgehead atoms. The third kappa shape index (κ3) is 4.51. The maximum Gasteiger partial charge on any atom is 0.255 e. The van der Waals surface area contributed by atoms with Gasteiger partial charge in [-0.1, -0.05) is 12.7 Å². The molecule has 22 heavy (non-hydrogen) atoms. The Morgan fingerprint density at radius 1 is 1.32 bits per heavy atom. The number of hydrogen-bond acceptors (Lipinski definition) is 3. The van der Waals surface area contributed by atoms with Gasteiger partial charge in [0.15, 0.2) is 17.5 Å². The van der Waals surface area contributed by atoms with Crippen molar-refractivity contribution in [2.75, 3.05) is 5.32 Å². The summed E-state index contributed by atoms with van der Waals surface area (Å²) in [7, 11) is 0. The summed E-state index contributed by atoms with van der Waals surface area (Å²) < 4.78 is 48.2. The van der Waals surface area contributed by atoms with Gasteiger partial charge in [0.05, 0.1) is 0 Å². The molecule has 7 heteroatoms. The van der Waals surface area contributed by atoms with Crippen molar-refractivity contribution in [3.63, 3.8) is 0 Å². The third-order valence-electron chi connectivity index (χ3n) is 2.62. The topological polar surface area (TPSA) is 49.3 Å². The lowest BCUT2D eigenvalue weighted by Crippen LogP contribution is -2.14. The van der Waals surface area contributed by atoms with E-state index in [0.29, 0.717) is 34.7 Å². The van der Waals surface area contributed by atoms with E-state index in [9.17, 15) is 18.0 Å². The summed E-state index contributed by atoms with van der Waals surface area (Å²) in [5, 5.41) is 2.25. The van der Waals surface area contributed by atoms with Crippen LogP contribution in [0.5, 0.6) is 0 Å². The molecule has 0 unspecified atom stereocenters. The Morgan fingerprint density at radius 2 is 1.86 bits per heavy atom. The first-order valence-electron chi connectivity index (χ1n) is 6.11. The van der Waals surface area contributed by atoms with E-state index in [1.54, 1.807) is 13.8 Å². The van der Waals surface area contributed by atoms with E-state index in [-0.39, 0.29) is 11.3 Å². The fourth-order valence-corrected chi connectivity index (χ4v) is 1.82. The molecule has 0 saturated heterocycles. The Labute approximate surface area is 130 Å². The van der Waals surface area contributed by atoms with E-state index in [1.165, 1.54) is 12.2 Å². The van der Waals surface area contributed by atoms with Gasteiger partial charge in [-0.25, -0.2) is 13.2 Å². The van der Waals surface area contributed by atoms with Crippen LogP contribution < -0.4 is 5.32 Å². The van der Waals surface area contributed by atoms with Crippen molar-refractivity contribution in [3.05, 3.63) is 64.4 Å². The number of carbonyl (C=O) groups is 1. The van der Waals surface area contributed by atoms with Gasteiger partial charge in [0, 0.05) is 40.3 Å². The van der Waals surface area contributed by atoms with Crippen LogP contribution in [0.2, 0.25) is 0 Å². The molecule has 1 aromatic rings. The fraction of sp³-hybridized carbons (Fsp3) is 0.133. The Bertz CT molecular complexity index is 646. The fourth-order valence-electron chi connectivity index (χ4n) is 1.48. The Balaban J connectivity index is 3.03. The van der Waals surface area contributed by atoms with Gasteiger partial charge in [-0.15, -0.1) is 0 Å². The van der Waals surface area contributed by atoms with Crippen LogP contribution in [0.15, 0.2) is 46.9 Å². The molecule has 0 aliphatic rings. The van der Waals surface area contributed by atoms with Crippen molar-refractivity contribution in [2.24, 2.45) is 0 Å². The van der Waals surface area contributed by atoms with E-state index in [2.05, 4.69) is 11.9 Å². The number of amides is 1. The van der Waals surface area contributed by atoms with Crippen molar-refractivity contribution in [1.29, 1.82) is 0 Å². The highest BCUT2D eigenvalue weighted by atomic mass is 32.2. The zero-order chi connectivity index (χ0) is 16.9. The van der Waals surface area contributed by atoms with Crippen LogP contribution >= 0.6 is 12.0 Å². The van der Waals surface area contributed by atoms with E-state index < -0.39 is 23.4 Å². The predicted octanol–water partition coefficient (Wildman–Crippen LogP) is 4.65. The van der Waals surface area contributed by atoms with Crippen LogP contribution in [-0.2, 0) is 4.79 Å². The van der Waals surface area contributed by atoms with Crippen molar-refractivity contribution in [3.8, 4) is 0 Å². The maximum atomic E-state index is 13.1. The van der Waals surface area contributed by atoms with Gasteiger partial charge in [-0.05, 0) is 25.5 Å². The first-order chi connectivity index (χ1) is 10.3. The molecule has 118 valence electrons. The Kier molecular flexibility index (Phi) is 6.45. The predicted molar refractivity (Wildman–Crippen MR) is 81.8 cm³/mol. The summed E-state index contributed by atoms with van der Waals surface area (Å²) in [4.78, 5) is 12.4. The van der Waals surface area contributed by atoms with E-state index in [0.717, 1.165) is 0 Å². The largest absolute Gasteiger partial charge is 0.325 e. The molecule has 2 N–H and O–H groups in total. The molecule has 1 aromatic carbocycles. The van der Waals surface area contributed by atoms with Gasteiger partial charge in [-0.2, -0.15) is 0 Å². The summed E-state index contributed by atoms with van der Waals surface area (Å²) in [6, 6.07) is 1.35. The molecule has 0 spiro atoms. The molecule has 1 rings (SSSR count). The maximum absolute atomic E-state index is 13.1. The second-order valence-corrected chi connectivity index (χ2v) is 4.95. The number of carbonyl (C=O) groups excluding carboxylic acids is 1. The smallest absolute Gasteiger partial charge is 0.255 e. The van der Waals surface area contributed by atoms with Crippen LogP contribution in [0.4, 0.5) is 18.9 Å². The van der Waals surface area contributed by atoms with E-state index in [4.69, 9.17) is 4.55 Å². The van der Waals surface area contributed by atoms with E-state index >= 15 is 0 Å². The number of hydrogen-bond donors (Lipinski definition) is 2. The lowest BCUT2D eigenvalue weighted by atomic mass is 10.1.